The van der Waals surface area contributed by atoms with Crippen molar-refractivity contribution in [2.24, 2.45) is 0 Å². The molecule has 2 atom stereocenters. The number of benzene rings is 3. The Morgan fingerprint density at radius 3 is 2.38 bits per heavy atom. The molecule has 0 aromatic heterocycles. The maximum Gasteiger partial charge on any atom is 0.251 e. The number of hydrogen-bond acceptors (Lipinski definition) is 5. The van der Waals surface area contributed by atoms with Crippen LogP contribution < -0.4 is 14.8 Å². The van der Waals surface area contributed by atoms with E-state index < -0.39 is 27.8 Å². The highest BCUT2D eigenvalue weighted by Crippen LogP contribution is 2.41. The number of fused-ring (bicyclic) bond motifs is 1. The molecule has 0 aliphatic carbocycles. The van der Waals surface area contributed by atoms with Gasteiger partial charge in [0.25, 0.3) is 5.91 Å². The lowest BCUT2D eigenvalue weighted by Crippen LogP contribution is -2.53. The number of carbonyl (C=O) groups excluding carboxylic acids is 1. The largest absolute Gasteiger partial charge is 0.485 e. The number of aliphatic hydroxyl groups is 1. The molecular weight excluding hydrogens is 559 g/mol. The van der Waals surface area contributed by atoms with Crippen LogP contribution in [0.2, 0.25) is 15.1 Å². The molecule has 11 heteroatoms. The Kier molecular flexibility index (Phi) is 8.09. The lowest BCUT2D eigenvalue weighted by Gasteiger charge is -2.42. The molecule has 0 unspecified atom stereocenters. The fourth-order valence-electron chi connectivity index (χ4n) is 4.08. The van der Waals surface area contributed by atoms with Crippen molar-refractivity contribution in [3.63, 3.8) is 0 Å². The van der Waals surface area contributed by atoms with Gasteiger partial charge in [0.1, 0.15) is 22.4 Å². The number of rotatable bonds is 7. The maximum atomic E-state index is 13.3. The van der Waals surface area contributed by atoms with E-state index in [1.165, 1.54) is 12.1 Å². The summed E-state index contributed by atoms with van der Waals surface area (Å²) in [4.78, 5) is 12.6. The summed E-state index contributed by atoms with van der Waals surface area (Å²) in [6.45, 7) is 3.69. The van der Waals surface area contributed by atoms with Crippen molar-refractivity contribution < 1.29 is 23.1 Å². The standard InChI is InChI=1S/C26H25Cl3N2O5S/c1-26(2)24(32)23(31-37(34,35)22-14-19(28)18(27)13-20(22)29)17-12-16(8-9-21(17)36-26)25(33)30-11-10-15-6-4-3-5-7-15/h3-9,12-14,23-24,31-32H,10-11H2,1-2H3,(H,30,33)/t23-,24+/m1/s1. The van der Waals surface area contributed by atoms with Gasteiger partial charge in [-0.3, -0.25) is 4.79 Å². The first kappa shape index (κ1) is 27.7. The number of ether oxygens (including phenoxy) is 1. The number of amides is 1. The first-order valence-corrected chi connectivity index (χ1v) is 14.0. The molecule has 0 fully saturated rings. The zero-order valence-electron chi connectivity index (χ0n) is 20.0. The molecule has 0 spiro atoms. The third-order valence-corrected chi connectivity index (χ3v) is 8.72. The van der Waals surface area contributed by atoms with Gasteiger partial charge in [-0.1, -0.05) is 65.1 Å². The summed E-state index contributed by atoms with van der Waals surface area (Å²) in [7, 11) is -4.27. The molecular formula is C26H25Cl3N2O5S. The average molecular weight is 584 g/mol. The number of nitrogens with one attached hydrogen (secondary N) is 2. The molecule has 196 valence electrons. The van der Waals surface area contributed by atoms with Gasteiger partial charge in [0.05, 0.1) is 21.1 Å². The Balaban J connectivity index is 1.62. The summed E-state index contributed by atoms with van der Waals surface area (Å²) in [5, 5.41) is 13.9. The van der Waals surface area contributed by atoms with Crippen LogP contribution in [0.1, 0.15) is 41.4 Å². The second-order valence-electron chi connectivity index (χ2n) is 9.19. The van der Waals surface area contributed by atoms with E-state index in [0.29, 0.717) is 29.8 Å². The molecule has 1 heterocycles. The third kappa shape index (κ3) is 6.06. The fraction of sp³-hybridized carbons (Fsp3) is 0.269. The van der Waals surface area contributed by atoms with Crippen LogP contribution in [0.15, 0.2) is 65.6 Å². The predicted molar refractivity (Wildman–Crippen MR) is 144 cm³/mol. The van der Waals surface area contributed by atoms with Crippen LogP contribution in [-0.4, -0.2) is 37.7 Å². The molecule has 3 N–H and O–H groups in total. The van der Waals surface area contributed by atoms with Crippen molar-refractivity contribution in [2.75, 3.05) is 6.54 Å². The van der Waals surface area contributed by atoms with Gasteiger partial charge in [0, 0.05) is 17.7 Å². The van der Waals surface area contributed by atoms with E-state index in [4.69, 9.17) is 39.5 Å². The van der Waals surface area contributed by atoms with Gasteiger partial charge in [-0.25, -0.2) is 13.1 Å². The van der Waals surface area contributed by atoms with Crippen LogP contribution in [0, 0.1) is 0 Å². The Bertz CT molecular complexity index is 1430. The van der Waals surface area contributed by atoms with Gasteiger partial charge < -0.3 is 15.2 Å². The number of hydrogen-bond donors (Lipinski definition) is 3. The summed E-state index contributed by atoms with van der Waals surface area (Å²) in [5.41, 5.74) is 0.546. The summed E-state index contributed by atoms with van der Waals surface area (Å²) in [6.07, 6.45) is -0.645. The van der Waals surface area contributed by atoms with Gasteiger partial charge in [0.2, 0.25) is 10.0 Å². The van der Waals surface area contributed by atoms with Crippen LogP contribution >= 0.6 is 34.8 Å². The Hall–Kier alpha value is -2.33. The molecule has 37 heavy (non-hydrogen) atoms. The summed E-state index contributed by atoms with van der Waals surface area (Å²) >= 11 is 18.1. The molecule has 0 saturated carbocycles. The molecule has 0 bridgehead atoms. The van der Waals surface area contributed by atoms with Crippen molar-refractivity contribution in [1.29, 1.82) is 0 Å². The maximum absolute atomic E-state index is 13.3. The Labute approximate surface area is 230 Å². The van der Waals surface area contributed by atoms with Gasteiger partial charge in [0.15, 0.2) is 0 Å². The number of halogens is 3. The lowest BCUT2D eigenvalue weighted by atomic mass is 9.86. The number of sulfonamides is 1. The zero-order valence-corrected chi connectivity index (χ0v) is 23.0. The third-order valence-electron chi connectivity index (χ3n) is 6.10. The molecule has 1 amide bonds. The van der Waals surface area contributed by atoms with Crippen molar-refractivity contribution >= 4 is 50.7 Å². The number of carbonyl (C=O) groups is 1. The van der Waals surface area contributed by atoms with E-state index in [0.717, 1.165) is 11.6 Å². The molecule has 3 aromatic rings. The Morgan fingerprint density at radius 1 is 1.00 bits per heavy atom. The van der Waals surface area contributed by atoms with Crippen molar-refractivity contribution in [2.45, 2.75) is 42.9 Å². The first-order valence-electron chi connectivity index (χ1n) is 11.4. The normalized spacial score (nSPS) is 18.5. The molecule has 0 saturated heterocycles. The quantitative estimate of drug-likeness (QED) is 0.333. The van der Waals surface area contributed by atoms with Crippen molar-refractivity contribution in [3.05, 3.63) is 92.4 Å². The molecule has 0 radical (unpaired) electrons. The lowest BCUT2D eigenvalue weighted by molar-refractivity contribution is -0.0603. The highest BCUT2D eigenvalue weighted by atomic mass is 35.5. The summed E-state index contributed by atoms with van der Waals surface area (Å²) in [6, 6.07) is 15.6. The van der Waals surface area contributed by atoms with Gasteiger partial charge in [-0.05, 0) is 56.2 Å². The topological polar surface area (TPSA) is 105 Å². The fourth-order valence-corrected chi connectivity index (χ4v) is 6.30. The minimum Gasteiger partial charge on any atom is -0.485 e. The van der Waals surface area contributed by atoms with Gasteiger partial charge >= 0.3 is 0 Å². The van der Waals surface area contributed by atoms with E-state index >= 15 is 0 Å². The molecule has 4 rings (SSSR count). The highest BCUT2D eigenvalue weighted by molar-refractivity contribution is 7.89. The van der Waals surface area contributed by atoms with Crippen LogP contribution in [0.4, 0.5) is 0 Å². The van der Waals surface area contributed by atoms with E-state index in [1.54, 1.807) is 26.0 Å². The molecule has 7 nitrogen and oxygen atoms in total. The second kappa shape index (κ2) is 10.8. The smallest absolute Gasteiger partial charge is 0.251 e. The van der Waals surface area contributed by atoms with Crippen LogP contribution in [0.3, 0.4) is 0 Å². The van der Waals surface area contributed by atoms with E-state index in [1.807, 2.05) is 30.3 Å². The van der Waals surface area contributed by atoms with E-state index in [-0.39, 0.29) is 25.9 Å². The van der Waals surface area contributed by atoms with Crippen LogP contribution in [-0.2, 0) is 16.4 Å². The number of aliphatic hydroxyl groups excluding tert-OH is 1. The van der Waals surface area contributed by atoms with Crippen LogP contribution in [0.25, 0.3) is 0 Å². The van der Waals surface area contributed by atoms with E-state index in [2.05, 4.69) is 10.0 Å². The van der Waals surface area contributed by atoms with E-state index in [9.17, 15) is 18.3 Å². The first-order chi connectivity index (χ1) is 17.4. The van der Waals surface area contributed by atoms with Crippen molar-refractivity contribution in [1.82, 2.24) is 10.0 Å². The summed E-state index contributed by atoms with van der Waals surface area (Å²) in [5.74, 6) is -0.00346. The minimum atomic E-state index is -4.27. The zero-order chi connectivity index (χ0) is 27.0. The minimum absolute atomic E-state index is 0.00848. The summed E-state index contributed by atoms with van der Waals surface area (Å²) < 4.78 is 35.1. The molecule has 1 aliphatic rings. The van der Waals surface area contributed by atoms with Gasteiger partial charge in [-0.2, -0.15) is 0 Å². The highest BCUT2D eigenvalue weighted by Gasteiger charge is 2.45. The van der Waals surface area contributed by atoms with Crippen LogP contribution in [0.5, 0.6) is 5.75 Å². The molecule has 1 aliphatic heterocycles. The predicted octanol–water partition coefficient (Wildman–Crippen LogP) is 5.17. The monoisotopic (exact) mass is 582 g/mol. The SMILES string of the molecule is CC1(C)Oc2ccc(C(=O)NCCc3ccccc3)cc2[C@@H](NS(=O)(=O)c2cc(Cl)c(Cl)cc2Cl)[C@@H]1O. The van der Waals surface area contributed by atoms with Gasteiger partial charge in [-0.15, -0.1) is 0 Å². The average Bonchev–Trinajstić information content (AvgIpc) is 2.84. The molecule has 3 aromatic carbocycles. The van der Waals surface area contributed by atoms with Crippen molar-refractivity contribution in [3.8, 4) is 5.75 Å². The second-order valence-corrected chi connectivity index (χ2v) is 12.1. The Morgan fingerprint density at radius 2 is 1.68 bits per heavy atom.